The van der Waals surface area contributed by atoms with Crippen LogP contribution in [0.25, 0.3) is 0 Å². The van der Waals surface area contributed by atoms with Gasteiger partial charge in [0.15, 0.2) is 0 Å². The summed E-state index contributed by atoms with van der Waals surface area (Å²) in [6.45, 7) is 6.42. The highest BCUT2D eigenvalue weighted by Crippen LogP contribution is 2.17. The van der Waals surface area contributed by atoms with Gasteiger partial charge in [0.1, 0.15) is 0 Å². The molecule has 0 aliphatic heterocycles. The summed E-state index contributed by atoms with van der Waals surface area (Å²) in [5.41, 5.74) is 3.40. The number of hydrogen-bond acceptors (Lipinski definition) is 2. The lowest BCUT2D eigenvalue weighted by Crippen LogP contribution is -2.30. The van der Waals surface area contributed by atoms with Crippen molar-refractivity contribution in [2.45, 2.75) is 46.1 Å². The fourth-order valence-electron chi connectivity index (χ4n) is 1.95. The molecule has 1 aromatic carbocycles. The quantitative estimate of drug-likeness (QED) is 0.740. The monoisotopic (exact) mass is 264 g/mol. The van der Waals surface area contributed by atoms with Crippen LogP contribution < -0.4 is 10.6 Å². The second-order valence-electron chi connectivity index (χ2n) is 4.71. The summed E-state index contributed by atoms with van der Waals surface area (Å²) in [4.78, 5) is 11.6. The van der Waals surface area contributed by atoms with Crippen LogP contribution in [0, 0.1) is 0 Å². The second kappa shape index (κ2) is 7.79. The van der Waals surface area contributed by atoms with E-state index >= 15 is 0 Å². The van der Waals surface area contributed by atoms with Gasteiger partial charge in [-0.3, -0.25) is 0 Å². The molecule has 106 valence electrons. The average Bonchev–Trinajstić information content (AvgIpc) is 2.38. The van der Waals surface area contributed by atoms with E-state index in [0.717, 1.165) is 18.5 Å². The third kappa shape index (κ3) is 5.30. The summed E-state index contributed by atoms with van der Waals surface area (Å²) < 4.78 is 0. The maximum atomic E-state index is 11.6. The number of benzene rings is 1. The van der Waals surface area contributed by atoms with Gasteiger partial charge in [0, 0.05) is 12.2 Å². The lowest BCUT2D eigenvalue weighted by atomic mass is 10.0. The van der Waals surface area contributed by atoms with Gasteiger partial charge >= 0.3 is 6.03 Å². The van der Waals surface area contributed by atoms with Gasteiger partial charge in [-0.05, 0) is 49.4 Å². The van der Waals surface area contributed by atoms with Crippen LogP contribution in [-0.4, -0.2) is 23.8 Å². The van der Waals surface area contributed by atoms with Crippen LogP contribution in [0.4, 0.5) is 10.5 Å². The highest BCUT2D eigenvalue weighted by atomic mass is 16.3. The van der Waals surface area contributed by atoms with Crippen LogP contribution in [0.2, 0.25) is 0 Å². The van der Waals surface area contributed by atoms with E-state index in [-0.39, 0.29) is 6.03 Å². The first-order valence-electron chi connectivity index (χ1n) is 6.91. The first-order valence-corrected chi connectivity index (χ1v) is 6.91. The number of rotatable bonds is 6. The van der Waals surface area contributed by atoms with Gasteiger partial charge in [-0.25, -0.2) is 4.79 Å². The van der Waals surface area contributed by atoms with Gasteiger partial charge in [0.25, 0.3) is 0 Å². The Bertz CT molecular complexity index is 417. The predicted molar refractivity (Wildman–Crippen MR) is 78.5 cm³/mol. The fourth-order valence-corrected chi connectivity index (χ4v) is 1.95. The maximum Gasteiger partial charge on any atom is 0.319 e. The number of carbonyl (C=O) groups is 1. The Kier molecular flexibility index (Phi) is 6.36. The molecule has 0 saturated heterocycles. The van der Waals surface area contributed by atoms with Crippen LogP contribution in [0.15, 0.2) is 18.2 Å². The van der Waals surface area contributed by atoms with Crippen molar-refractivity contribution in [2.75, 3.05) is 11.9 Å². The Labute approximate surface area is 115 Å². The Morgan fingerprint density at radius 1 is 1.26 bits per heavy atom. The number of urea groups is 1. The third-order valence-corrected chi connectivity index (χ3v) is 3.07. The maximum absolute atomic E-state index is 11.6. The Morgan fingerprint density at radius 2 is 1.95 bits per heavy atom. The van der Waals surface area contributed by atoms with E-state index in [1.54, 1.807) is 6.92 Å². The van der Waals surface area contributed by atoms with E-state index in [1.807, 2.05) is 12.1 Å². The number of amides is 2. The molecule has 1 rings (SSSR count). The third-order valence-electron chi connectivity index (χ3n) is 3.07. The molecule has 3 N–H and O–H groups in total. The van der Waals surface area contributed by atoms with E-state index in [4.69, 9.17) is 5.11 Å². The van der Waals surface area contributed by atoms with Gasteiger partial charge in [-0.2, -0.15) is 0 Å². The summed E-state index contributed by atoms with van der Waals surface area (Å²) in [6, 6.07) is 5.77. The lowest BCUT2D eigenvalue weighted by molar-refractivity contribution is 0.184. The van der Waals surface area contributed by atoms with Crippen LogP contribution >= 0.6 is 0 Å². The minimum absolute atomic E-state index is 0.230. The molecule has 0 aromatic heterocycles. The molecule has 0 saturated carbocycles. The largest absolute Gasteiger partial charge is 0.393 e. The standard InChI is InChI=1S/C15H24N2O2/c1-4-12-6-7-14(10-13(12)5-2)17-15(19)16-9-8-11(3)18/h6-7,10-11,18H,4-5,8-9H2,1-3H3,(H2,16,17,19). The Morgan fingerprint density at radius 3 is 2.53 bits per heavy atom. The van der Waals surface area contributed by atoms with Crippen molar-refractivity contribution in [2.24, 2.45) is 0 Å². The molecule has 1 atom stereocenters. The van der Waals surface area contributed by atoms with Gasteiger partial charge in [-0.1, -0.05) is 19.9 Å². The molecule has 0 radical (unpaired) electrons. The van der Waals surface area contributed by atoms with E-state index in [9.17, 15) is 4.79 Å². The molecule has 0 aliphatic carbocycles. The summed E-state index contributed by atoms with van der Waals surface area (Å²) in [6.07, 6.45) is 2.13. The van der Waals surface area contributed by atoms with Gasteiger partial charge in [-0.15, -0.1) is 0 Å². The summed E-state index contributed by atoms with van der Waals surface area (Å²) in [5.74, 6) is 0. The van der Waals surface area contributed by atoms with Crippen molar-refractivity contribution in [3.8, 4) is 0 Å². The zero-order chi connectivity index (χ0) is 14.3. The van der Waals surface area contributed by atoms with Crippen molar-refractivity contribution in [1.82, 2.24) is 5.32 Å². The van der Waals surface area contributed by atoms with E-state index in [2.05, 4.69) is 30.5 Å². The molecule has 0 aliphatic rings. The number of aliphatic hydroxyl groups is 1. The van der Waals surface area contributed by atoms with E-state index in [0.29, 0.717) is 13.0 Å². The highest BCUT2D eigenvalue weighted by molar-refractivity contribution is 5.89. The van der Waals surface area contributed by atoms with Gasteiger partial charge in [0.05, 0.1) is 6.10 Å². The van der Waals surface area contributed by atoms with Crippen LogP contribution in [0.3, 0.4) is 0 Å². The molecule has 4 heteroatoms. The number of nitrogens with one attached hydrogen (secondary N) is 2. The van der Waals surface area contributed by atoms with E-state index in [1.165, 1.54) is 11.1 Å². The number of anilines is 1. The minimum atomic E-state index is -0.393. The Hall–Kier alpha value is -1.55. The van der Waals surface area contributed by atoms with Crippen molar-refractivity contribution in [3.05, 3.63) is 29.3 Å². The SMILES string of the molecule is CCc1ccc(NC(=O)NCCC(C)O)cc1CC. The summed E-state index contributed by atoms with van der Waals surface area (Å²) >= 11 is 0. The number of aryl methyl sites for hydroxylation is 2. The normalized spacial score (nSPS) is 12.0. The molecule has 19 heavy (non-hydrogen) atoms. The predicted octanol–water partition coefficient (Wildman–Crippen LogP) is 2.70. The molecule has 1 unspecified atom stereocenters. The van der Waals surface area contributed by atoms with Crippen molar-refractivity contribution < 1.29 is 9.90 Å². The van der Waals surface area contributed by atoms with Crippen LogP contribution in [0.5, 0.6) is 0 Å². The average molecular weight is 264 g/mol. The number of hydrogen-bond donors (Lipinski definition) is 3. The molecular formula is C15H24N2O2. The molecular weight excluding hydrogens is 240 g/mol. The molecule has 2 amide bonds. The smallest absolute Gasteiger partial charge is 0.319 e. The Balaban J connectivity index is 2.54. The topological polar surface area (TPSA) is 61.4 Å². The van der Waals surface area contributed by atoms with Gasteiger partial charge < -0.3 is 15.7 Å². The molecule has 1 aromatic rings. The van der Waals surface area contributed by atoms with Crippen molar-refractivity contribution in [1.29, 1.82) is 0 Å². The van der Waals surface area contributed by atoms with Crippen LogP contribution in [0.1, 0.15) is 38.3 Å². The molecule has 0 spiro atoms. The first kappa shape index (κ1) is 15.5. The molecule has 0 fully saturated rings. The summed E-state index contributed by atoms with van der Waals surface area (Å²) in [5, 5.41) is 14.6. The van der Waals surface area contributed by atoms with Crippen molar-refractivity contribution in [3.63, 3.8) is 0 Å². The second-order valence-corrected chi connectivity index (χ2v) is 4.71. The lowest BCUT2D eigenvalue weighted by Gasteiger charge is -2.11. The highest BCUT2D eigenvalue weighted by Gasteiger charge is 2.05. The first-order chi connectivity index (χ1) is 9.06. The molecule has 0 bridgehead atoms. The number of carbonyl (C=O) groups excluding carboxylic acids is 1. The van der Waals surface area contributed by atoms with Crippen LogP contribution in [-0.2, 0) is 12.8 Å². The molecule has 4 nitrogen and oxygen atoms in total. The zero-order valence-corrected chi connectivity index (χ0v) is 12.0. The van der Waals surface area contributed by atoms with E-state index < -0.39 is 6.10 Å². The number of aliphatic hydroxyl groups excluding tert-OH is 1. The van der Waals surface area contributed by atoms with Gasteiger partial charge in [0.2, 0.25) is 0 Å². The minimum Gasteiger partial charge on any atom is -0.393 e. The fraction of sp³-hybridized carbons (Fsp3) is 0.533. The zero-order valence-electron chi connectivity index (χ0n) is 12.0. The van der Waals surface area contributed by atoms with Crippen molar-refractivity contribution >= 4 is 11.7 Å². The molecule has 0 heterocycles. The summed E-state index contributed by atoms with van der Waals surface area (Å²) in [7, 11) is 0.